The standard InChI is InChI=1S/C36H50ClNO2/c1-20(2)22-12-15-36(31(39)40)17-16-34(6)25(29(22)36)9-11-28-33(5)19-24-23-18-21(37)8-10-26(23)38-30(24)32(3,4)27(33)13-14-35(28,34)7/h8,10,18,20,22,25,27-29,38H,9,11-17,19H2,1-7H3,(H,39,40)/t22?,25?,27?,28?,29?,33-,34+,35+,36-/m0/s1. The van der Waals surface area contributed by atoms with Gasteiger partial charge in [-0.2, -0.15) is 0 Å². The highest BCUT2D eigenvalue weighted by Gasteiger charge is 2.72. The molecule has 2 N–H and O–H groups in total. The Kier molecular flexibility index (Phi) is 5.70. The Morgan fingerprint density at radius 2 is 1.70 bits per heavy atom. The average molecular weight is 564 g/mol. The highest BCUT2D eigenvalue weighted by molar-refractivity contribution is 6.31. The zero-order valence-electron chi connectivity index (χ0n) is 25.8. The fourth-order valence-electron chi connectivity index (χ4n) is 13.1. The van der Waals surface area contributed by atoms with Crippen molar-refractivity contribution < 1.29 is 9.90 Å². The van der Waals surface area contributed by atoms with Gasteiger partial charge in [0.25, 0.3) is 0 Å². The van der Waals surface area contributed by atoms with Gasteiger partial charge in [0.1, 0.15) is 0 Å². The summed E-state index contributed by atoms with van der Waals surface area (Å²) in [6, 6.07) is 6.36. The van der Waals surface area contributed by atoms with E-state index in [0.29, 0.717) is 35.5 Å². The fraction of sp³-hybridized carbons (Fsp3) is 0.750. The molecule has 0 amide bonds. The van der Waals surface area contributed by atoms with Gasteiger partial charge in [-0.1, -0.05) is 60.1 Å². The van der Waals surface area contributed by atoms with Crippen LogP contribution in [0.25, 0.3) is 10.9 Å². The predicted molar refractivity (Wildman–Crippen MR) is 164 cm³/mol. The largest absolute Gasteiger partial charge is 0.481 e. The third-order valence-electron chi connectivity index (χ3n) is 15.0. The van der Waals surface area contributed by atoms with Crippen LogP contribution in [0.1, 0.15) is 111 Å². The van der Waals surface area contributed by atoms with Gasteiger partial charge in [0, 0.05) is 27.0 Å². The summed E-state index contributed by atoms with van der Waals surface area (Å²) in [5.74, 6) is 2.73. The van der Waals surface area contributed by atoms with Crippen LogP contribution in [0.5, 0.6) is 0 Å². The first-order valence-corrected chi connectivity index (χ1v) is 16.6. The van der Waals surface area contributed by atoms with Crippen molar-refractivity contribution in [3.05, 3.63) is 34.5 Å². The van der Waals surface area contributed by atoms with Crippen LogP contribution in [-0.4, -0.2) is 16.1 Å². The first-order valence-electron chi connectivity index (χ1n) is 16.2. The number of fused-ring (bicyclic) bond motifs is 10. The number of aromatic amines is 1. The second-order valence-electron chi connectivity index (χ2n) is 16.7. The zero-order chi connectivity index (χ0) is 28.6. The Bertz CT molecular complexity index is 1390. The summed E-state index contributed by atoms with van der Waals surface area (Å²) in [6.45, 7) is 17.6. The van der Waals surface area contributed by atoms with Gasteiger partial charge in [-0.3, -0.25) is 4.79 Å². The molecule has 9 atom stereocenters. The molecule has 7 rings (SSSR count). The lowest BCUT2D eigenvalue weighted by Crippen LogP contribution is -2.67. The summed E-state index contributed by atoms with van der Waals surface area (Å²) in [6.07, 6.45) is 10.0. The maximum absolute atomic E-state index is 13.0. The molecule has 5 aliphatic rings. The quantitative estimate of drug-likeness (QED) is 0.382. The molecule has 1 heterocycles. The van der Waals surface area contributed by atoms with E-state index in [9.17, 15) is 9.90 Å². The van der Waals surface area contributed by atoms with Gasteiger partial charge in [0.05, 0.1) is 5.41 Å². The summed E-state index contributed by atoms with van der Waals surface area (Å²) in [5.41, 5.74) is 4.38. The summed E-state index contributed by atoms with van der Waals surface area (Å²) in [5, 5.41) is 12.8. The van der Waals surface area contributed by atoms with Crippen molar-refractivity contribution in [1.82, 2.24) is 4.98 Å². The van der Waals surface area contributed by atoms with E-state index in [2.05, 4.69) is 65.6 Å². The first-order chi connectivity index (χ1) is 18.7. The molecule has 0 bridgehead atoms. The maximum atomic E-state index is 13.0. The third-order valence-corrected chi connectivity index (χ3v) is 15.2. The average Bonchev–Trinajstić information content (AvgIpc) is 3.44. The molecule has 1 aromatic carbocycles. The molecular formula is C36H50ClNO2. The molecule has 218 valence electrons. The number of rotatable bonds is 2. The molecule has 4 heteroatoms. The molecule has 3 nitrogen and oxygen atoms in total. The normalized spacial score (nSPS) is 45.4. The summed E-state index contributed by atoms with van der Waals surface area (Å²) in [7, 11) is 0. The number of benzene rings is 1. The molecule has 5 unspecified atom stereocenters. The van der Waals surface area contributed by atoms with Gasteiger partial charge in [0.2, 0.25) is 0 Å². The van der Waals surface area contributed by atoms with Crippen molar-refractivity contribution in [1.29, 1.82) is 0 Å². The Morgan fingerprint density at radius 3 is 2.40 bits per heavy atom. The van der Waals surface area contributed by atoms with Crippen molar-refractivity contribution >= 4 is 28.5 Å². The number of halogens is 1. The molecule has 0 saturated heterocycles. The molecule has 0 spiro atoms. The highest BCUT2D eigenvalue weighted by Crippen LogP contribution is 2.77. The lowest BCUT2D eigenvalue weighted by molar-refractivity contribution is -0.230. The van der Waals surface area contributed by atoms with E-state index in [0.717, 1.165) is 37.1 Å². The Labute approximate surface area is 246 Å². The molecule has 1 aromatic heterocycles. The minimum absolute atomic E-state index is 0.0755. The summed E-state index contributed by atoms with van der Waals surface area (Å²) in [4.78, 5) is 16.8. The van der Waals surface area contributed by atoms with Crippen molar-refractivity contribution in [3.8, 4) is 0 Å². The monoisotopic (exact) mass is 563 g/mol. The number of H-pyrrole nitrogens is 1. The van der Waals surface area contributed by atoms with E-state index in [-0.39, 0.29) is 21.7 Å². The molecule has 0 aliphatic heterocycles. The van der Waals surface area contributed by atoms with Gasteiger partial charge in [-0.25, -0.2) is 0 Å². The van der Waals surface area contributed by atoms with Crippen molar-refractivity contribution in [2.75, 3.05) is 0 Å². The SMILES string of the molecule is CC(C)C1CC[C@]2(C(=O)O)CC[C@]3(C)C(CCC4[C@@]5(C)Cc6c([nH]c7ccc(Cl)cc67)C(C)(C)C5CC[C@]43C)C12. The number of carboxylic acids is 1. The maximum Gasteiger partial charge on any atom is 0.309 e. The number of carbonyl (C=O) groups is 1. The number of hydrogen-bond acceptors (Lipinski definition) is 1. The predicted octanol–water partition coefficient (Wildman–Crippen LogP) is 9.66. The van der Waals surface area contributed by atoms with Crippen LogP contribution < -0.4 is 0 Å². The number of aromatic nitrogens is 1. The molecule has 0 radical (unpaired) electrons. The number of carboxylic acid groups (broad SMARTS) is 1. The zero-order valence-corrected chi connectivity index (χ0v) is 26.5. The van der Waals surface area contributed by atoms with Crippen molar-refractivity contribution in [3.63, 3.8) is 0 Å². The van der Waals surface area contributed by atoms with Gasteiger partial charge in [-0.15, -0.1) is 0 Å². The van der Waals surface area contributed by atoms with E-state index in [4.69, 9.17) is 11.6 Å². The Hall–Kier alpha value is -1.48. The fourth-order valence-corrected chi connectivity index (χ4v) is 13.2. The van der Waals surface area contributed by atoms with E-state index in [1.54, 1.807) is 0 Å². The van der Waals surface area contributed by atoms with Crippen LogP contribution >= 0.6 is 11.6 Å². The van der Waals surface area contributed by atoms with E-state index in [1.807, 2.05) is 6.07 Å². The minimum atomic E-state index is -0.495. The number of aliphatic carboxylic acids is 1. The first kappa shape index (κ1) is 27.4. The van der Waals surface area contributed by atoms with Crippen LogP contribution in [0.15, 0.2) is 18.2 Å². The molecule has 2 aromatic rings. The van der Waals surface area contributed by atoms with Crippen molar-refractivity contribution in [2.45, 2.75) is 112 Å². The van der Waals surface area contributed by atoms with Gasteiger partial charge < -0.3 is 10.1 Å². The van der Waals surface area contributed by atoms with E-state index in [1.165, 1.54) is 47.8 Å². The number of hydrogen-bond donors (Lipinski definition) is 2. The lowest BCUT2D eigenvalue weighted by atomic mass is 9.32. The van der Waals surface area contributed by atoms with E-state index < -0.39 is 11.4 Å². The topological polar surface area (TPSA) is 53.1 Å². The van der Waals surface area contributed by atoms with Crippen LogP contribution in [0.3, 0.4) is 0 Å². The highest BCUT2D eigenvalue weighted by atomic mass is 35.5. The number of nitrogens with one attached hydrogen (secondary N) is 1. The lowest BCUT2D eigenvalue weighted by Gasteiger charge is -2.72. The van der Waals surface area contributed by atoms with Crippen LogP contribution in [0.4, 0.5) is 0 Å². The van der Waals surface area contributed by atoms with Crippen LogP contribution in [-0.2, 0) is 16.6 Å². The third kappa shape index (κ3) is 3.12. The molecule has 5 aliphatic carbocycles. The Balaban J connectivity index is 1.33. The van der Waals surface area contributed by atoms with Crippen molar-refractivity contribution in [2.24, 2.45) is 57.2 Å². The molecule has 4 fully saturated rings. The summed E-state index contributed by atoms with van der Waals surface area (Å²) < 4.78 is 0. The smallest absolute Gasteiger partial charge is 0.309 e. The van der Waals surface area contributed by atoms with Gasteiger partial charge in [-0.05, 0) is 133 Å². The van der Waals surface area contributed by atoms with Gasteiger partial charge in [0.15, 0.2) is 0 Å². The van der Waals surface area contributed by atoms with Crippen LogP contribution in [0.2, 0.25) is 5.02 Å². The van der Waals surface area contributed by atoms with Crippen LogP contribution in [0, 0.1) is 57.2 Å². The Morgan fingerprint density at radius 1 is 0.950 bits per heavy atom. The van der Waals surface area contributed by atoms with Gasteiger partial charge >= 0.3 is 5.97 Å². The summed E-state index contributed by atoms with van der Waals surface area (Å²) >= 11 is 6.54. The molecule has 40 heavy (non-hydrogen) atoms. The minimum Gasteiger partial charge on any atom is -0.481 e. The second kappa shape index (κ2) is 8.33. The van der Waals surface area contributed by atoms with E-state index >= 15 is 0 Å². The second-order valence-corrected chi connectivity index (χ2v) is 17.1. The molecule has 4 saturated carbocycles. The molecular weight excluding hydrogens is 514 g/mol.